The lowest BCUT2D eigenvalue weighted by atomic mass is 9.91. The van der Waals surface area contributed by atoms with Gasteiger partial charge < -0.3 is 44.6 Å². The van der Waals surface area contributed by atoms with E-state index in [0.717, 1.165) is 54.7 Å². The Morgan fingerprint density at radius 1 is 0.791 bits per heavy atom. The first kappa shape index (κ1) is 46.5. The van der Waals surface area contributed by atoms with E-state index in [2.05, 4.69) is 89.6 Å². The van der Waals surface area contributed by atoms with Crippen LogP contribution >= 0.6 is 0 Å². The zero-order chi connectivity index (χ0) is 47.5. The lowest BCUT2D eigenvalue weighted by molar-refractivity contribution is -0.136. The number of alkyl carbamates (subject to hydrolysis) is 2. The van der Waals surface area contributed by atoms with Gasteiger partial charge in [0.05, 0.1) is 56.0 Å². The number of nitrogens with zero attached hydrogens (tertiary/aromatic N) is 4. The van der Waals surface area contributed by atoms with Gasteiger partial charge in [0.15, 0.2) is 0 Å². The maximum Gasteiger partial charge on any atom is 0.407 e. The molecule has 0 radical (unpaired) electrons. The van der Waals surface area contributed by atoms with Crippen LogP contribution < -0.4 is 10.6 Å². The van der Waals surface area contributed by atoms with Crippen molar-refractivity contribution in [2.45, 2.75) is 65.3 Å². The Hall–Kier alpha value is -7.00. The molecule has 4 amide bonds. The average molecular weight is 909 g/mol. The van der Waals surface area contributed by atoms with Crippen LogP contribution in [0.1, 0.15) is 45.8 Å². The van der Waals surface area contributed by atoms with Crippen molar-refractivity contribution < 1.29 is 33.4 Å². The van der Waals surface area contributed by atoms with Gasteiger partial charge in [0.25, 0.3) is 0 Å². The second kappa shape index (κ2) is 19.8. The number of imidazole rings is 2. The standard InChI is InChI=1S/C52H60N8O7/c1-9-32(28-65-6)25-59(49(61)45(58-52(64)67-8)33-13-11-10-12-14-33)26-42-53-40-21-17-36-23-34(15-19-38(36)46(40)55-42)35-16-20-39-37(24-35)18-22-41-47(39)56-43(54-41)27-60(48-30(4)31(48)5)50(62)44(29(2)3)57-51(63)66-7/h9-13,15-24,29-33,44-45,48H,1,14,25-28H2,2-8H3,(H,53,55)(H,54,56)(H,57,63)(H,58,64)/t30-,31+,32?,33?,44-,45+,48?/m0/s1. The minimum absolute atomic E-state index is 0.0369. The predicted octanol–water partition coefficient (Wildman–Crippen LogP) is 8.41. The van der Waals surface area contributed by atoms with Crippen LogP contribution in [0.5, 0.6) is 0 Å². The molecule has 15 heteroatoms. The van der Waals surface area contributed by atoms with Gasteiger partial charge in [-0.05, 0) is 70.3 Å². The summed E-state index contributed by atoms with van der Waals surface area (Å²) in [5.41, 5.74) is 5.40. The lowest BCUT2D eigenvalue weighted by Crippen LogP contribution is -2.53. The number of carbonyl (C=O) groups is 4. The molecule has 2 aromatic heterocycles. The molecule has 1 saturated carbocycles. The number of aromatic amines is 2. The van der Waals surface area contributed by atoms with Crippen molar-refractivity contribution in [1.82, 2.24) is 40.4 Å². The number of hydrogen-bond donors (Lipinski definition) is 4. The Kier molecular flexibility index (Phi) is 13.8. The lowest BCUT2D eigenvalue weighted by Gasteiger charge is -2.32. The van der Waals surface area contributed by atoms with Crippen LogP contribution in [0.3, 0.4) is 0 Å². The number of methoxy groups -OCH3 is 3. The van der Waals surface area contributed by atoms with E-state index >= 15 is 0 Å². The van der Waals surface area contributed by atoms with Crippen molar-refractivity contribution >= 4 is 67.6 Å². The van der Waals surface area contributed by atoms with Crippen LogP contribution in [0, 0.1) is 29.6 Å². The molecular formula is C52H60N8O7. The molecule has 15 nitrogen and oxygen atoms in total. The Labute approximate surface area is 390 Å². The fourth-order valence-electron chi connectivity index (χ4n) is 9.48. The van der Waals surface area contributed by atoms with Crippen molar-refractivity contribution in [3.63, 3.8) is 0 Å². The highest BCUT2D eigenvalue weighted by Gasteiger charge is 2.50. The Morgan fingerprint density at radius 2 is 1.37 bits per heavy atom. The van der Waals surface area contributed by atoms with Crippen molar-refractivity contribution in [3.05, 3.63) is 109 Å². The summed E-state index contributed by atoms with van der Waals surface area (Å²) in [6.45, 7) is 13.2. The number of benzene rings is 4. The van der Waals surface area contributed by atoms with Gasteiger partial charge in [0.1, 0.15) is 23.7 Å². The third-order valence-electron chi connectivity index (χ3n) is 13.5. The van der Waals surface area contributed by atoms with Gasteiger partial charge in [-0.2, -0.15) is 0 Å². The van der Waals surface area contributed by atoms with Gasteiger partial charge in [0.2, 0.25) is 11.8 Å². The first-order chi connectivity index (χ1) is 32.3. The van der Waals surface area contributed by atoms with Gasteiger partial charge in [-0.3, -0.25) is 9.59 Å². The number of amides is 4. The van der Waals surface area contributed by atoms with E-state index in [4.69, 9.17) is 24.2 Å². The van der Waals surface area contributed by atoms with Crippen LogP contribution in [0.15, 0.2) is 97.6 Å². The number of nitrogens with one attached hydrogen (secondary N) is 4. The quantitative estimate of drug-likeness (QED) is 0.0653. The molecular weight excluding hydrogens is 849 g/mol. The maximum absolute atomic E-state index is 14.4. The number of rotatable bonds is 17. The molecule has 3 unspecified atom stereocenters. The van der Waals surface area contributed by atoms with Gasteiger partial charge in [-0.1, -0.05) is 94.5 Å². The average Bonchev–Trinajstić information content (AvgIpc) is 3.63. The van der Waals surface area contributed by atoms with Crippen LogP contribution in [0.2, 0.25) is 0 Å². The Balaban J connectivity index is 1.05. The number of carbonyl (C=O) groups excluding carboxylic acids is 4. The van der Waals surface area contributed by atoms with Crippen LogP contribution in [0.4, 0.5) is 9.59 Å². The molecule has 4 aromatic carbocycles. The zero-order valence-corrected chi connectivity index (χ0v) is 39.2. The van der Waals surface area contributed by atoms with E-state index in [0.29, 0.717) is 43.1 Å². The largest absolute Gasteiger partial charge is 0.453 e. The molecule has 350 valence electrons. The topological polar surface area (TPSA) is 184 Å². The van der Waals surface area contributed by atoms with Crippen LogP contribution in [-0.4, -0.2) is 106 Å². The Morgan fingerprint density at radius 3 is 1.88 bits per heavy atom. The fourth-order valence-corrected chi connectivity index (χ4v) is 9.48. The third kappa shape index (κ3) is 9.78. The smallest absolute Gasteiger partial charge is 0.407 e. The van der Waals surface area contributed by atoms with Crippen molar-refractivity contribution in [1.29, 1.82) is 0 Å². The number of aromatic nitrogens is 4. The highest BCUT2D eigenvalue weighted by molar-refractivity contribution is 6.07. The molecule has 7 atom stereocenters. The van der Waals surface area contributed by atoms with E-state index in [1.54, 1.807) is 18.1 Å². The van der Waals surface area contributed by atoms with Gasteiger partial charge >= 0.3 is 12.2 Å². The van der Waals surface area contributed by atoms with Crippen molar-refractivity contribution in [2.75, 3.05) is 34.5 Å². The third-order valence-corrected chi connectivity index (χ3v) is 13.5. The Bertz CT molecular complexity index is 2890. The van der Waals surface area contributed by atoms with Gasteiger partial charge in [0, 0.05) is 42.3 Å². The maximum atomic E-state index is 14.4. The van der Waals surface area contributed by atoms with Gasteiger partial charge in [-0.25, -0.2) is 19.6 Å². The first-order valence-corrected chi connectivity index (χ1v) is 22.9. The summed E-state index contributed by atoms with van der Waals surface area (Å²) in [6.07, 6.45) is 8.76. The van der Waals surface area contributed by atoms with Crippen LogP contribution in [-0.2, 0) is 36.9 Å². The highest BCUT2D eigenvalue weighted by atomic mass is 16.5. The van der Waals surface area contributed by atoms with E-state index < -0.39 is 24.3 Å². The van der Waals surface area contributed by atoms with E-state index in [1.807, 2.05) is 55.2 Å². The summed E-state index contributed by atoms with van der Waals surface area (Å²) in [6, 6.07) is 19.3. The molecule has 2 aliphatic carbocycles. The molecule has 0 bridgehead atoms. The predicted molar refractivity (Wildman–Crippen MR) is 260 cm³/mol. The molecule has 0 aliphatic heterocycles. The SMILES string of the molecule is C=CC(COC)CN(Cc1nc2c(ccc3cc(-c4ccc5c(ccc6[nH]c(CN(C(=O)[C@@H](NC(=O)OC)C(C)C)C7[C@@H](C)[C@H]7C)nc65)c4)ccc32)[nH]1)C(=O)[C@H](NC(=O)OC)C1C=CC=CC1. The molecule has 0 saturated heterocycles. The minimum atomic E-state index is -0.863. The monoisotopic (exact) mass is 908 g/mol. The summed E-state index contributed by atoms with van der Waals surface area (Å²) < 4.78 is 15.2. The zero-order valence-electron chi connectivity index (χ0n) is 39.2. The normalized spacial score (nSPS) is 19.0. The van der Waals surface area contributed by atoms with E-state index in [1.165, 1.54) is 14.2 Å². The fraction of sp³-hybridized carbons (Fsp3) is 0.385. The number of fused-ring (bicyclic) bond motifs is 6. The summed E-state index contributed by atoms with van der Waals surface area (Å²) in [4.78, 5) is 73.8. The van der Waals surface area contributed by atoms with Crippen LogP contribution in [0.25, 0.3) is 54.7 Å². The summed E-state index contributed by atoms with van der Waals surface area (Å²) in [7, 11) is 4.19. The molecule has 8 rings (SSSR count). The van der Waals surface area contributed by atoms with Gasteiger partial charge in [-0.15, -0.1) is 6.58 Å². The summed E-state index contributed by atoms with van der Waals surface area (Å²) >= 11 is 0. The first-order valence-electron chi connectivity index (χ1n) is 22.9. The number of ether oxygens (including phenoxy) is 3. The number of allylic oxidation sites excluding steroid dienone is 3. The molecule has 2 aliphatic rings. The van der Waals surface area contributed by atoms with Crippen molar-refractivity contribution in [2.24, 2.45) is 29.6 Å². The van der Waals surface area contributed by atoms with E-state index in [-0.39, 0.29) is 48.7 Å². The second-order valence-corrected chi connectivity index (χ2v) is 18.2. The molecule has 67 heavy (non-hydrogen) atoms. The summed E-state index contributed by atoms with van der Waals surface area (Å²) in [5.74, 6) is 0.947. The molecule has 4 N–H and O–H groups in total. The number of H-pyrrole nitrogens is 2. The second-order valence-electron chi connectivity index (χ2n) is 18.2. The highest BCUT2D eigenvalue weighted by Crippen LogP contribution is 2.43. The molecule has 1 fully saturated rings. The molecule has 0 spiro atoms. The number of hydrogen-bond acceptors (Lipinski definition) is 9. The molecule has 2 heterocycles. The summed E-state index contributed by atoms with van der Waals surface area (Å²) in [5, 5.41) is 9.52. The van der Waals surface area contributed by atoms with Crippen molar-refractivity contribution in [3.8, 4) is 11.1 Å². The minimum Gasteiger partial charge on any atom is -0.453 e. The molecule has 6 aromatic rings. The van der Waals surface area contributed by atoms with E-state index in [9.17, 15) is 19.2 Å².